The van der Waals surface area contributed by atoms with Gasteiger partial charge in [-0.3, -0.25) is 14.0 Å². The van der Waals surface area contributed by atoms with Crippen molar-refractivity contribution in [2.45, 2.75) is 33.3 Å². The van der Waals surface area contributed by atoms with Gasteiger partial charge in [0.2, 0.25) is 0 Å². The molecule has 1 amide bonds. The van der Waals surface area contributed by atoms with Crippen LogP contribution in [0.25, 0.3) is 4.96 Å². The Kier molecular flexibility index (Phi) is 5.08. The molecule has 0 atom stereocenters. The summed E-state index contributed by atoms with van der Waals surface area (Å²) in [5.74, 6) is -0.392. The molecule has 6 nitrogen and oxygen atoms in total. The van der Waals surface area contributed by atoms with E-state index in [0.29, 0.717) is 24.5 Å². The monoisotopic (exact) mass is 309 g/mol. The Morgan fingerprint density at radius 1 is 1.52 bits per heavy atom. The lowest BCUT2D eigenvalue weighted by Crippen LogP contribution is -2.32. The van der Waals surface area contributed by atoms with Gasteiger partial charge in [-0.2, -0.15) is 0 Å². The summed E-state index contributed by atoms with van der Waals surface area (Å²) in [7, 11) is 0. The van der Waals surface area contributed by atoms with Gasteiger partial charge in [-0.05, 0) is 27.2 Å². The number of amides is 1. The predicted octanol–water partition coefficient (Wildman–Crippen LogP) is 1.61. The highest BCUT2D eigenvalue weighted by atomic mass is 32.1. The molecule has 0 aliphatic carbocycles. The van der Waals surface area contributed by atoms with Gasteiger partial charge in [-0.15, -0.1) is 11.3 Å². The molecular formula is C14H19N3O3S. The van der Waals surface area contributed by atoms with Gasteiger partial charge in [0.25, 0.3) is 11.5 Å². The molecule has 0 spiro atoms. The first-order valence-electron chi connectivity index (χ1n) is 6.86. The van der Waals surface area contributed by atoms with Crippen LogP contribution in [0, 0.1) is 6.92 Å². The number of aromatic nitrogens is 2. The molecule has 114 valence electrons. The summed E-state index contributed by atoms with van der Waals surface area (Å²) in [5, 5.41) is 4.56. The Balaban J connectivity index is 2.01. The maximum atomic E-state index is 12.3. The van der Waals surface area contributed by atoms with Crippen LogP contribution in [0.1, 0.15) is 36.3 Å². The Bertz CT molecular complexity index is 690. The topological polar surface area (TPSA) is 72.7 Å². The Labute approximate surface area is 126 Å². The highest BCUT2D eigenvalue weighted by molar-refractivity contribution is 7.15. The lowest BCUT2D eigenvalue weighted by atomic mass is 10.3. The fourth-order valence-corrected chi connectivity index (χ4v) is 2.70. The summed E-state index contributed by atoms with van der Waals surface area (Å²) >= 11 is 1.38. The molecular weight excluding hydrogens is 290 g/mol. The number of carbonyl (C=O) groups excluding carboxylic acids is 1. The summed E-state index contributed by atoms with van der Waals surface area (Å²) in [6, 6.07) is 0. The van der Waals surface area contributed by atoms with Crippen molar-refractivity contribution in [3.05, 3.63) is 33.2 Å². The molecule has 0 unspecified atom stereocenters. The van der Waals surface area contributed by atoms with E-state index in [1.807, 2.05) is 26.2 Å². The van der Waals surface area contributed by atoms with Crippen LogP contribution in [-0.4, -0.2) is 34.5 Å². The molecule has 2 aromatic rings. The van der Waals surface area contributed by atoms with Crippen molar-refractivity contribution in [1.29, 1.82) is 0 Å². The molecule has 7 heteroatoms. The number of ether oxygens (including phenoxy) is 1. The molecule has 0 saturated heterocycles. The highest BCUT2D eigenvalue weighted by Crippen LogP contribution is 2.10. The minimum Gasteiger partial charge on any atom is -0.379 e. The predicted molar refractivity (Wildman–Crippen MR) is 82.1 cm³/mol. The third kappa shape index (κ3) is 3.68. The summed E-state index contributed by atoms with van der Waals surface area (Å²) in [4.78, 5) is 29.1. The second-order valence-corrected chi connectivity index (χ2v) is 5.84. The molecule has 0 radical (unpaired) electrons. The highest BCUT2D eigenvalue weighted by Gasteiger charge is 2.14. The van der Waals surface area contributed by atoms with Crippen molar-refractivity contribution in [2.75, 3.05) is 13.2 Å². The van der Waals surface area contributed by atoms with Crippen molar-refractivity contribution >= 4 is 22.2 Å². The molecule has 2 aromatic heterocycles. The van der Waals surface area contributed by atoms with E-state index < -0.39 is 5.91 Å². The first kappa shape index (κ1) is 15.7. The number of fused-ring (bicyclic) bond motifs is 1. The SMILES string of the molecule is Cc1csc2ncc(C(=O)NCCCOC(C)C)c(=O)n12. The second-order valence-electron chi connectivity index (χ2n) is 5.00. The average molecular weight is 309 g/mol. The van der Waals surface area contributed by atoms with Gasteiger partial charge in [-0.25, -0.2) is 4.98 Å². The number of hydrogen-bond donors (Lipinski definition) is 1. The zero-order valence-electron chi connectivity index (χ0n) is 12.4. The van der Waals surface area contributed by atoms with Crippen molar-refractivity contribution in [3.8, 4) is 0 Å². The van der Waals surface area contributed by atoms with E-state index in [1.54, 1.807) is 0 Å². The number of carbonyl (C=O) groups is 1. The quantitative estimate of drug-likeness (QED) is 0.823. The third-order valence-electron chi connectivity index (χ3n) is 2.92. The fourth-order valence-electron chi connectivity index (χ4n) is 1.87. The number of hydrogen-bond acceptors (Lipinski definition) is 5. The molecule has 0 aromatic carbocycles. The van der Waals surface area contributed by atoms with Gasteiger partial charge in [0, 0.05) is 30.4 Å². The molecule has 0 aliphatic rings. The van der Waals surface area contributed by atoms with Crippen molar-refractivity contribution < 1.29 is 9.53 Å². The molecule has 0 saturated carbocycles. The summed E-state index contributed by atoms with van der Waals surface area (Å²) in [5.41, 5.74) is 0.529. The van der Waals surface area contributed by atoms with Gasteiger partial charge in [-0.1, -0.05) is 0 Å². The van der Waals surface area contributed by atoms with Crippen LogP contribution in [0.2, 0.25) is 0 Å². The minimum absolute atomic E-state index is 0.0683. The van der Waals surface area contributed by atoms with Crippen LogP contribution >= 0.6 is 11.3 Å². The van der Waals surface area contributed by atoms with Crippen LogP contribution in [0.3, 0.4) is 0 Å². The molecule has 0 bridgehead atoms. The van der Waals surface area contributed by atoms with Crippen LogP contribution in [0.5, 0.6) is 0 Å². The first-order valence-corrected chi connectivity index (χ1v) is 7.74. The largest absolute Gasteiger partial charge is 0.379 e. The molecule has 0 aliphatic heterocycles. The van der Waals surface area contributed by atoms with Crippen molar-refractivity contribution in [2.24, 2.45) is 0 Å². The van der Waals surface area contributed by atoms with Crippen LogP contribution in [-0.2, 0) is 4.74 Å². The van der Waals surface area contributed by atoms with Crippen molar-refractivity contribution in [1.82, 2.24) is 14.7 Å². The van der Waals surface area contributed by atoms with Crippen LogP contribution in [0.15, 0.2) is 16.4 Å². The number of thiazole rings is 1. The number of nitrogens with zero attached hydrogens (tertiary/aromatic N) is 2. The Morgan fingerprint density at radius 3 is 3.00 bits per heavy atom. The van der Waals surface area contributed by atoms with E-state index in [2.05, 4.69) is 10.3 Å². The number of aryl methyl sites for hydroxylation is 1. The third-order valence-corrected chi connectivity index (χ3v) is 3.88. The summed E-state index contributed by atoms with van der Waals surface area (Å²) in [6.45, 7) is 6.79. The number of nitrogens with one attached hydrogen (secondary N) is 1. The molecule has 0 fully saturated rings. The lowest BCUT2D eigenvalue weighted by Gasteiger charge is -2.08. The maximum absolute atomic E-state index is 12.3. The standard InChI is InChI=1S/C14H19N3O3S/c1-9(2)20-6-4-5-15-12(18)11-7-16-14-17(13(11)19)10(3)8-21-14/h7-9H,4-6H2,1-3H3,(H,15,18). The maximum Gasteiger partial charge on any atom is 0.271 e. The van der Waals surface area contributed by atoms with Gasteiger partial charge < -0.3 is 10.1 Å². The lowest BCUT2D eigenvalue weighted by molar-refractivity contribution is 0.0757. The zero-order chi connectivity index (χ0) is 15.4. The van der Waals surface area contributed by atoms with Gasteiger partial charge in [0.15, 0.2) is 4.96 Å². The number of rotatable bonds is 6. The first-order chi connectivity index (χ1) is 10.0. The second kappa shape index (κ2) is 6.82. The van der Waals surface area contributed by atoms with Gasteiger partial charge >= 0.3 is 0 Å². The fraction of sp³-hybridized carbons (Fsp3) is 0.500. The Hall–Kier alpha value is -1.73. The normalized spacial score (nSPS) is 11.2. The van der Waals surface area contributed by atoms with Crippen LogP contribution < -0.4 is 10.9 Å². The van der Waals surface area contributed by atoms with Gasteiger partial charge in [0.1, 0.15) is 5.56 Å². The van der Waals surface area contributed by atoms with Crippen molar-refractivity contribution in [3.63, 3.8) is 0 Å². The van der Waals surface area contributed by atoms with E-state index >= 15 is 0 Å². The summed E-state index contributed by atoms with van der Waals surface area (Å²) in [6.07, 6.45) is 2.23. The van der Waals surface area contributed by atoms with Crippen LogP contribution in [0.4, 0.5) is 0 Å². The summed E-state index contributed by atoms with van der Waals surface area (Å²) < 4.78 is 6.85. The van der Waals surface area contributed by atoms with E-state index in [-0.39, 0.29) is 17.2 Å². The minimum atomic E-state index is -0.392. The molecule has 21 heavy (non-hydrogen) atoms. The molecule has 1 N–H and O–H groups in total. The average Bonchev–Trinajstić information content (AvgIpc) is 2.80. The molecule has 2 rings (SSSR count). The van der Waals surface area contributed by atoms with Gasteiger partial charge in [0.05, 0.1) is 6.10 Å². The molecule has 2 heterocycles. The smallest absolute Gasteiger partial charge is 0.271 e. The van der Waals surface area contributed by atoms with E-state index in [1.165, 1.54) is 21.9 Å². The van der Waals surface area contributed by atoms with E-state index in [0.717, 1.165) is 5.69 Å². The Morgan fingerprint density at radius 2 is 2.29 bits per heavy atom. The van der Waals surface area contributed by atoms with E-state index in [9.17, 15) is 9.59 Å². The zero-order valence-corrected chi connectivity index (χ0v) is 13.2. The van der Waals surface area contributed by atoms with E-state index in [4.69, 9.17) is 4.74 Å².